The lowest BCUT2D eigenvalue weighted by Gasteiger charge is -1.99. The van der Waals surface area contributed by atoms with Gasteiger partial charge in [0.15, 0.2) is 0 Å². The molecular weight excluding hydrogens is 252 g/mol. The fourth-order valence-electron chi connectivity index (χ4n) is 1.35. The van der Waals surface area contributed by atoms with Gasteiger partial charge in [0.1, 0.15) is 0 Å². The van der Waals surface area contributed by atoms with Gasteiger partial charge in [-0.25, -0.2) is 8.42 Å². The van der Waals surface area contributed by atoms with Crippen LogP contribution in [0.1, 0.15) is 5.56 Å². The van der Waals surface area contributed by atoms with Crippen LogP contribution in [0.3, 0.4) is 0 Å². The molecule has 18 heavy (non-hydrogen) atoms. The Morgan fingerprint density at radius 3 is 2.61 bits per heavy atom. The zero-order chi connectivity index (χ0) is 13.2. The molecule has 0 N–H and O–H groups in total. The van der Waals surface area contributed by atoms with Gasteiger partial charge >= 0.3 is 0 Å². The lowest BCUT2D eigenvalue weighted by Crippen LogP contribution is -2.06. The topological polar surface area (TPSA) is 77.7 Å². The largest absolute Gasteiger partial charge is 0.293 e. The van der Waals surface area contributed by atoms with Gasteiger partial charge in [-0.1, -0.05) is 28.9 Å². The van der Waals surface area contributed by atoms with Gasteiger partial charge in [-0.2, -0.15) is 4.80 Å². The Morgan fingerprint density at radius 1 is 1.33 bits per heavy atom. The van der Waals surface area contributed by atoms with E-state index >= 15 is 0 Å². The number of hydrogen-bond donors (Lipinski definition) is 0. The summed E-state index contributed by atoms with van der Waals surface area (Å²) < 4.78 is 24.3. The zero-order valence-electron chi connectivity index (χ0n) is 9.81. The van der Waals surface area contributed by atoms with Crippen LogP contribution in [0.5, 0.6) is 0 Å². The van der Waals surface area contributed by atoms with E-state index in [9.17, 15) is 8.42 Å². The van der Waals surface area contributed by atoms with Gasteiger partial charge in [0.2, 0.25) is 9.84 Å². The summed E-state index contributed by atoms with van der Waals surface area (Å²) >= 11 is 0. The molecule has 0 saturated heterocycles. The molecule has 0 aliphatic heterocycles. The van der Waals surface area contributed by atoms with E-state index in [1.807, 2.05) is 6.92 Å². The Kier molecular flexibility index (Phi) is 3.24. The summed E-state index contributed by atoms with van der Waals surface area (Å²) in [6, 6.07) is 6.50. The van der Waals surface area contributed by atoms with E-state index in [-0.39, 0.29) is 10.1 Å². The first-order valence-corrected chi connectivity index (χ1v) is 6.73. The monoisotopic (exact) mass is 264 g/mol. The van der Waals surface area contributed by atoms with Gasteiger partial charge in [0, 0.05) is 0 Å². The van der Waals surface area contributed by atoms with Crippen molar-refractivity contribution in [3.8, 4) is 0 Å². The van der Waals surface area contributed by atoms with Crippen LogP contribution in [-0.4, -0.2) is 28.6 Å². The van der Waals surface area contributed by atoms with Gasteiger partial charge in [-0.15, -0.1) is 11.7 Å². The maximum absolute atomic E-state index is 12.2. The second-order valence-corrected chi connectivity index (χ2v) is 5.58. The number of tetrazole rings is 1. The number of hydrogen-bond acceptors (Lipinski definition) is 5. The van der Waals surface area contributed by atoms with Crippen molar-refractivity contribution in [2.45, 2.75) is 23.5 Å². The van der Waals surface area contributed by atoms with Gasteiger partial charge < -0.3 is 0 Å². The summed E-state index contributed by atoms with van der Waals surface area (Å²) in [6.45, 7) is 5.72. The predicted octanol–water partition coefficient (Wildman–Crippen LogP) is 1.00. The fourth-order valence-corrected chi connectivity index (χ4v) is 2.40. The number of allylic oxidation sites excluding steroid dienone is 1. The summed E-state index contributed by atoms with van der Waals surface area (Å²) in [5, 5.41) is 10.7. The summed E-state index contributed by atoms with van der Waals surface area (Å²) in [4.78, 5) is 1.33. The second-order valence-electron chi connectivity index (χ2n) is 3.73. The fraction of sp³-hybridized carbons (Fsp3) is 0.182. The minimum absolute atomic E-state index is 0.159. The molecule has 2 aromatic rings. The van der Waals surface area contributed by atoms with Crippen LogP contribution in [0.2, 0.25) is 0 Å². The Morgan fingerprint density at radius 2 is 2.00 bits per heavy atom. The smallest absolute Gasteiger partial charge is 0.215 e. The summed E-state index contributed by atoms with van der Waals surface area (Å²) in [7, 11) is -3.69. The van der Waals surface area contributed by atoms with E-state index in [4.69, 9.17) is 0 Å². The molecule has 0 fully saturated rings. The van der Waals surface area contributed by atoms with Crippen molar-refractivity contribution >= 4 is 9.84 Å². The number of sulfone groups is 1. The van der Waals surface area contributed by atoms with Crippen LogP contribution in [0, 0.1) is 6.92 Å². The average Bonchev–Trinajstić information content (AvgIpc) is 2.79. The van der Waals surface area contributed by atoms with E-state index in [0.29, 0.717) is 6.54 Å². The molecule has 0 amide bonds. The SMILES string of the molecule is C=CCn1nnc(S(=O)(=O)c2ccc(C)cc2)n1. The van der Waals surface area contributed by atoms with Gasteiger partial charge in [-0.05, 0) is 24.3 Å². The van der Waals surface area contributed by atoms with E-state index in [1.54, 1.807) is 18.2 Å². The Bertz CT molecular complexity index is 659. The van der Waals surface area contributed by atoms with Crippen LogP contribution in [-0.2, 0) is 16.4 Å². The van der Waals surface area contributed by atoms with E-state index < -0.39 is 9.84 Å². The molecule has 1 aromatic carbocycles. The van der Waals surface area contributed by atoms with Crippen LogP contribution >= 0.6 is 0 Å². The highest BCUT2D eigenvalue weighted by atomic mass is 32.2. The maximum Gasteiger partial charge on any atom is 0.293 e. The number of aromatic nitrogens is 4. The van der Waals surface area contributed by atoms with Crippen LogP contribution in [0.4, 0.5) is 0 Å². The molecule has 1 heterocycles. The number of nitrogens with zero attached hydrogens (tertiary/aromatic N) is 4. The first-order valence-electron chi connectivity index (χ1n) is 5.24. The summed E-state index contributed by atoms with van der Waals surface area (Å²) in [6.07, 6.45) is 1.56. The first-order chi connectivity index (χ1) is 8.54. The third-order valence-electron chi connectivity index (χ3n) is 2.30. The summed E-state index contributed by atoms with van der Waals surface area (Å²) in [5.74, 6) is 0. The van der Waals surface area contributed by atoms with Gasteiger partial charge in [-0.3, -0.25) is 0 Å². The Balaban J connectivity index is 2.41. The molecule has 0 bridgehead atoms. The van der Waals surface area contributed by atoms with E-state index in [0.717, 1.165) is 5.56 Å². The number of aryl methyl sites for hydroxylation is 1. The van der Waals surface area contributed by atoms with Crippen molar-refractivity contribution in [2.75, 3.05) is 0 Å². The standard InChI is InChI=1S/C11H12N4O2S/c1-3-8-15-13-11(12-14-15)18(16,17)10-6-4-9(2)5-7-10/h3-7H,1,8H2,2H3. The second kappa shape index (κ2) is 4.69. The molecule has 7 heteroatoms. The van der Waals surface area contributed by atoms with Crippen molar-refractivity contribution in [3.63, 3.8) is 0 Å². The highest BCUT2D eigenvalue weighted by Crippen LogP contribution is 2.16. The molecule has 0 aliphatic rings. The first kappa shape index (κ1) is 12.4. The van der Waals surface area contributed by atoms with Crippen molar-refractivity contribution in [1.82, 2.24) is 20.2 Å². The van der Waals surface area contributed by atoms with Gasteiger partial charge in [0.05, 0.1) is 11.4 Å². The summed E-state index contributed by atoms with van der Waals surface area (Å²) in [5.41, 5.74) is 0.984. The molecule has 94 valence electrons. The van der Waals surface area contributed by atoms with Gasteiger partial charge in [0.25, 0.3) is 5.16 Å². The van der Waals surface area contributed by atoms with Crippen LogP contribution in [0.25, 0.3) is 0 Å². The van der Waals surface area contributed by atoms with Crippen molar-refractivity contribution < 1.29 is 8.42 Å². The van der Waals surface area contributed by atoms with Crippen molar-refractivity contribution in [2.24, 2.45) is 0 Å². The molecule has 0 atom stereocenters. The molecule has 0 aliphatic carbocycles. The third-order valence-corrected chi connectivity index (χ3v) is 3.84. The predicted molar refractivity (Wildman–Crippen MR) is 64.6 cm³/mol. The van der Waals surface area contributed by atoms with E-state index in [2.05, 4.69) is 22.0 Å². The minimum atomic E-state index is -3.69. The third kappa shape index (κ3) is 2.30. The number of rotatable bonds is 4. The van der Waals surface area contributed by atoms with Crippen molar-refractivity contribution in [1.29, 1.82) is 0 Å². The molecule has 0 saturated carbocycles. The molecular formula is C11H12N4O2S. The van der Waals surface area contributed by atoms with E-state index in [1.165, 1.54) is 16.9 Å². The lowest BCUT2D eigenvalue weighted by molar-refractivity contribution is 0.568. The normalized spacial score (nSPS) is 11.4. The number of benzene rings is 1. The highest BCUT2D eigenvalue weighted by molar-refractivity contribution is 7.91. The molecule has 1 aromatic heterocycles. The molecule has 2 rings (SSSR count). The maximum atomic E-state index is 12.2. The van der Waals surface area contributed by atoms with Crippen LogP contribution in [0.15, 0.2) is 47.0 Å². The van der Waals surface area contributed by atoms with Crippen molar-refractivity contribution in [3.05, 3.63) is 42.5 Å². The quantitative estimate of drug-likeness (QED) is 0.770. The zero-order valence-corrected chi connectivity index (χ0v) is 10.6. The van der Waals surface area contributed by atoms with Crippen LogP contribution < -0.4 is 0 Å². The average molecular weight is 264 g/mol. The molecule has 0 radical (unpaired) electrons. The lowest BCUT2D eigenvalue weighted by atomic mass is 10.2. The Labute approximate surface area is 105 Å². The highest BCUT2D eigenvalue weighted by Gasteiger charge is 2.23. The molecule has 0 unspecified atom stereocenters. The minimum Gasteiger partial charge on any atom is -0.215 e. The molecule has 0 spiro atoms. The molecule has 6 nitrogen and oxygen atoms in total. The Hall–Kier alpha value is -2.02.